The second-order valence-electron chi connectivity index (χ2n) is 32.1. The first kappa shape index (κ1) is 97.1. The third-order valence-electron chi connectivity index (χ3n) is 26.1. The van der Waals surface area contributed by atoms with E-state index in [1.54, 1.807) is 0 Å². The van der Waals surface area contributed by atoms with E-state index in [1.807, 2.05) is 20.8 Å². The van der Waals surface area contributed by atoms with Crippen LogP contribution in [-0.4, -0.2) is 147 Å². The van der Waals surface area contributed by atoms with Gasteiger partial charge in [-0.25, -0.2) is 4.79 Å². The normalized spacial score (nSPS) is 35.5. The van der Waals surface area contributed by atoms with Crippen molar-refractivity contribution in [3.8, 4) is 0 Å². The van der Waals surface area contributed by atoms with Crippen molar-refractivity contribution < 1.29 is 162 Å². The number of carbonyl (C=O) groups excluding carboxylic acids is 4. The number of carboxylic acid groups (broad SMARTS) is 4. The monoisotopic (exact) mass is 1720 g/mol. The molecule has 0 aromatic rings. The van der Waals surface area contributed by atoms with Crippen molar-refractivity contribution in [2.75, 3.05) is 35.5 Å². The molecule has 0 aromatic carbocycles. The molecule has 0 heterocycles. The van der Waals surface area contributed by atoms with Gasteiger partial charge in [0.15, 0.2) is 23.0 Å². The number of hydrogen-bond donors (Lipinski definition) is 4. The summed E-state index contributed by atoms with van der Waals surface area (Å²) in [5, 5.41) is 35.5. The molecule has 2 radical (unpaired) electrons. The van der Waals surface area contributed by atoms with Gasteiger partial charge in [-0.3, -0.25) is 33.3 Å². The van der Waals surface area contributed by atoms with Crippen LogP contribution in [0.25, 0.3) is 0 Å². The fourth-order valence-electron chi connectivity index (χ4n) is 20.6. The molecule has 5 N–H and O–H groups in total. The Labute approximate surface area is 670 Å². The van der Waals surface area contributed by atoms with Gasteiger partial charge in [-0.2, -0.15) is 0 Å². The quantitative estimate of drug-likeness (QED) is 0.0213. The zero-order valence-corrected chi connectivity index (χ0v) is 67.9. The topological polar surface area (TPSA) is 311 Å². The molecule has 14 bridgehead atoms. The van der Waals surface area contributed by atoms with E-state index in [0.29, 0.717) is 28.1 Å². The molecule has 14 rings (SSSR count). The minimum Gasteiger partial charge on any atom is -1.00 e. The predicted molar refractivity (Wildman–Crippen MR) is 383 cm³/mol. The SMILES string of the molecule is C.CC(CC12CCC(CC1)C2)C(=O)O.COC(=O)/C(C)=C/C12CCC(CC1)C2.COC(=O)C(C)CC12CCC(CC1)C2.COC(=O)C(C)P(=O)(OC)OC.O=C(O)C12CCC(CC1)C2.O=C(O)C12CCC(CC1Br)C2.O=C(O)C1CC2CCC1C2.O=CC12CCC(CC1)C2.[2H][B].[AlH3].[H-].[Li+].[Li+].[OH-].[U]. The van der Waals surface area contributed by atoms with Gasteiger partial charge in [0.1, 0.15) is 6.29 Å². The van der Waals surface area contributed by atoms with Crippen LogP contribution in [-0.2, 0) is 66.2 Å². The maximum atomic E-state index is 11.5. The van der Waals surface area contributed by atoms with Gasteiger partial charge in [-0.1, -0.05) is 49.7 Å². The summed E-state index contributed by atoms with van der Waals surface area (Å²) in [5.41, 5.74) is 0.691. The van der Waals surface area contributed by atoms with Crippen LogP contribution < -0.4 is 37.7 Å². The number of allylic oxidation sites excluding steroid dienone is 1. The minimum atomic E-state index is -3.32. The molecule has 14 fully saturated rings. The summed E-state index contributed by atoms with van der Waals surface area (Å²) in [4.78, 5) is 87.5. The van der Waals surface area contributed by atoms with Crippen LogP contribution >= 0.6 is 23.5 Å². The Morgan fingerprint density at radius 1 is 0.560 bits per heavy atom. The van der Waals surface area contributed by atoms with Crippen LogP contribution in [0.15, 0.2) is 11.6 Å². The fourth-order valence-corrected chi connectivity index (χ4v) is 22.9. The standard InChI is InChI=1S/C12H20O2.C12H18O2.C11H18O2.C8H11BrO2.2C8H12O2.C8H12O.C6H13O5P.CH4.Al.BH.2Li.H2O.U.4H/c2*1-9(11(13)14-2)7-12-5-3-10(8-12)4-6-12;1-8(10(12)13)6-11-4-2-9(7-11)3-5-11;9-6-3-5-1-2-8(6,4-5)7(10)11;9-7(10)8-3-1-6(5-8)2-4-8;9-8(10)7-4-5-1-2-6(7)3-5;9-6-8-3-1-7(5-8)2-4-8;1-5(6(7)9-2)12(8,10-3)11-4;;;;;;;;;;;/h9-10H,3-8H2,1-2H3;7,10H,3-6,8H2,1-2H3;8-9H,2-7H2,1H3,(H,12,13);5-6H,1-4H2,(H,10,11);6H,1-5H2,(H,9,10);5-7H,1-4H2,(H,9,10);6-7H,1-5H2;5H,1-4H3;1H4;;1H;;;1H2;;;;;/q;;;;;;;;;;;2*+1;;;;;;-1/p-1/b;9-7+;;;;;;;;;;;;;;;;;/i;;;;;;;;;;1D;;;;;;;;. The molecular weight excluding hydrogens is 1590 g/mol. The number of ether oxygens (including phenoxy) is 3. The summed E-state index contributed by atoms with van der Waals surface area (Å²) in [6.45, 7) is 7.15. The number of carboxylic acids is 4. The number of methoxy groups -OCH3 is 3. The third-order valence-corrected chi connectivity index (χ3v) is 29.6. The van der Waals surface area contributed by atoms with Crippen molar-refractivity contribution in [1.29, 1.82) is 1.34 Å². The second kappa shape index (κ2) is 43.4. The molecule has 0 aliphatic heterocycles. The summed E-state index contributed by atoms with van der Waals surface area (Å²) in [6, 6.07) is 0. The van der Waals surface area contributed by atoms with Gasteiger partial charge in [0, 0.05) is 69.5 Å². The summed E-state index contributed by atoms with van der Waals surface area (Å²) in [5.74, 6) is 3.27. The fraction of sp³-hybridized carbons (Fsp3) is 0.865. The van der Waals surface area contributed by atoms with Gasteiger partial charge < -0.3 is 55.4 Å². The number of fused-ring (bicyclic) bond motifs is 14. The van der Waals surface area contributed by atoms with E-state index in [1.165, 1.54) is 196 Å². The molecule has 14 aliphatic carbocycles. The van der Waals surface area contributed by atoms with E-state index in [-0.39, 0.29) is 146 Å². The maximum Gasteiger partial charge on any atom is 1.00 e. The molecule has 560 valence electrons. The largest absolute Gasteiger partial charge is 1.00 e. The molecule has 0 amide bonds. The van der Waals surface area contributed by atoms with Gasteiger partial charge in [-0.15, -0.1) is 0 Å². The van der Waals surface area contributed by atoms with Crippen LogP contribution in [0, 0.1) is 129 Å². The first-order valence-electron chi connectivity index (χ1n) is 36.2. The van der Waals surface area contributed by atoms with Crippen LogP contribution in [0.4, 0.5) is 0 Å². The second-order valence-corrected chi connectivity index (χ2v) is 35.7. The van der Waals surface area contributed by atoms with E-state index in [4.69, 9.17) is 31.2 Å². The summed E-state index contributed by atoms with van der Waals surface area (Å²) in [6.07, 6.45) is 45.3. The number of rotatable bonds is 16. The molecule has 0 aromatic heterocycles. The van der Waals surface area contributed by atoms with Gasteiger partial charge >= 0.3 is 87.1 Å². The molecular formula is C74H126AlBBrLi2O19PU. The smallest absolute Gasteiger partial charge is 1.00 e. The van der Waals surface area contributed by atoms with Crippen LogP contribution in [0.2, 0.25) is 0 Å². The van der Waals surface area contributed by atoms with E-state index in [0.717, 1.165) is 118 Å². The van der Waals surface area contributed by atoms with E-state index in [2.05, 4.69) is 44.2 Å². The van der Waals surface area contributed by atoms with Crippen molar-refractivity contribution >= 4 is 97.3 Å². The number of alkyl halides is 1. The maximum absolute atomic E-state index is 11.5. The van der Waals surface area contributed by atoms with E-state index >= 15 is 0 Å². The summed E-state index contributed by atoms with van der Waals surface area (Å²) < 4.78 is 39.9. The summed E-state index contributed by atoms with van der Waals surface area (Å²) in [7, 11) is 7.04. The first-order chi connectivity index (χ1) is 44.9. The Morgan fingerprint density at radius 3 is 1.25 bits per heavy atom. The Balaban J connectivity index is 0. The van der Waals surface area contributed by atoms with Crippen LogP contribution in [0.1, 0.15) is 261 Å². The van der Waals surface area contributed by atoms with Crippen LogP contribution in [0.3, 0.4) is 0 Å². The molecule has 9 unspecified atom stereocenters. The van der Waals surface area contributed by atoms with Gasteiger partial charge in [0.2, 0.25) is 0 Å². The zero-order valence-electron chi connectivity index (χ0n) is 63.3. The average molecular weight is 1720 g/mol. The number of hydrogen-bond acceptors (Lipinski definition) is 15. The van der Waals surface area contributed by atoms with Crippen molar-refractivity contribution in [1.82, 2.24) is 0 Å². The molecule has 100 heavy (non-hydrogen) atoms. The Kier molecular flexibility index (Phi) is 42.1. The molecule has 19 nitrogen and oxygen atoms in total. The average Bonchev–Trinajstić information content (AvgIpc) is 1.61. The Bertz CT molecular complexity index is 2700. The number of esters is 3. The Hall–Kier alpha value is -0.866. The molecule has 0 saturated heterocycles. The number of aldehydes is 1. The van der Waals surface area contributed by atoms with Crippen molar-refractivity contribution in [2.24, 2.45) is 97.6 Å². The van der Waals surface area contributed by atoms with Crippen molar-refractivity contribution in [3.63, 3.8) is 0 Å². The Morgan fingerprint density at radius 2 is 0.990 bits per heavy atom. The van der Waals surface area contributed by atoms with Crippen LogP contribution in [0.5, 0.6) is 0 Å². The number of carbonyl (C=O) groups is 8. The van der Waals surface area contributed by atoms with Gasteiger partial charge in [-0.05, 0) is 297 Å². The van der Waals surface area contributed by atoms with Crippen molar-refractivity contribution in [2.45, 2.75) is 270 Å². The molecule has 0 spiro atoms. The van der Waals surface area contributed by atoms with Gasteiger partial charge in [0.05, 0.1) is 49.9 Å². The van der Waals surface area contributed by atoms with Crippen molar-refractivity contribution in [3.05, 3.63) is 11.6 Å². The molecule has 9 atom stereocenters. The number of aliphatic carboxylic acids is 4. The predicted octanol–water partition coefficient (Wildman–Crippen LogP) is 8.86. The molecule has 14 aliphatic rings. The van der Waals surface area contributed by atoms with E-state index < -0.39 is 48.5 Å². The van der Waals surface area contributed by atoms with Gasteiger partial charge in [0.25, 0.3) is 0 Å². The zero-order chi connectivity index (χ0) is 70.3. The first-order valence-corrected chi connectivity index (χ1v) is 38.1. The third kappa shape index (κ3) is 24.8. The molecule has 26 heteroatoms. The number of halogens is 1. The van der Waals surface area contributed by atoms with E-state index in [9.17, 15) is 42.9 Å². The minimum absolute atomic E-state index is 0. The summed E-state index contributed by atoms with van der Waals surface area (Å²) >= 11 is 3.47. The molecule has 14 saturated carbocycles.